The molecule has 0 saturated heterocycles. The van der Waals surface area contributed by atoms with E-state index in [9.17, 15) is 9.59 Å². The molecule has 0 aromatic carbocycles. The highest BCUT2D eigenvalue weighted by atomic mass is 16.4. The fourth-order valence-electron chi connectivity index (χ4n) is 1.28. The number of rotatable bonds is 7. The van der Waals surface area contributed by atoms with E-state index in [0.717, 1.165) is 0 Å². The van der Waals surface area contributed by atoms with Gasteiger partial charge in [0.05, 0.1) is 11.9 Å². The molecular formula is C9H15N5O4. The molecule has 0 fully saturated rings. The standard InChI is InChI=1S/C9H15N5O4/c10-3-6-4-14(13-12-6)5-8(16)11-7(1-2-15)9(17)18/h4,7,15H,1-3,5,10H2,(H,11,16)(H,17,18)/t7-/m0/s1. The van der Waals surface area contributed by atoms with Crippen molar-refractivity contribution < 1.29 is 19.8 Å². The van der Waals surface area contributed by atoms with Crippen molar-refractivity contribution in [3.8, 4) is 0 Å². The normalized spacial score (nSPS) is 12.1. The van der Waals surface area contributed by atoms with Crippen LogP contribution in [0.25, 0.3) is 0 Å². The van der Waals surface area contributed by atoms with Crippen LogP contribution in [-0.4, -0.2) is 49.7 Å². The second-order valence-corrected chi connectivity index (χ2v) is 3.58. The van der Waals surface area contributed by atoms with Crippen molar-refractivity contribution in [3.63, 3.8) is 0 Å². The molecule has 18 heavy (non-hydrogen) atoms. The molecule has 1 aromatic heterocycles. The third-order valence-corrected chi connectivity index (χ3v) is 2.15. The second kappa shape index (κ2) is 6.67. The summed E-state index contributed by atoms with van der Waals surface area (Å²) < 4.78 is 1.26. The lowest BCUT2D eigenvalue weighted by Gasteiger charge is -2.12. The van der Waals surface area contributed by atoms with E-state index in [0.29, 0.717) is 5.69 Å². The number of amides is 1. The number of carboxylic acids is 1. The average Bonchev–Trinajstić information content (AvgIpc) is 2.76. The van der Waals surface area contributed by atoms with Gasteiger partial charge in [0.2, 0.25) is 5.91 Å². The lowest BCUT2D eigenvalue weighted by Crippen LogP contribution is -2.42. The summed E-state index contributed by atoms with van der Waals surface area (Å²) >= 11 is 0. The molecule has 100 valence electrons. The van der Waals surface area contributed by atoms with Crippen LogP contribution < -0.4 is 11.1 Å². The number of aliphatic hydroxyl groups is 1. The summed E-state index contributed by atoms with van der Waals surface area (Å²) in [6.07, 6.45) is 1.45. The molecule has 1 atom stereocenters. The number of carboxylic acid groups (broad SMARTS) is 1. The molecule has 0 aliphatic rings. The minimum atomic E-state index is -1.20. The molecule has 1 heterocycles. The molecule has 1 rings (SSSR count). The Bertz CT molecular complexity index is 419. The zero-order chi connectivity index (χ0) is 13.5. The van der Waals surface area contributed by atoms with Gasteiger partial charge in [-0.25, -0.2) is 9.48 Å². The number of hydrogen-bond acceptors (Lipinski definition) is 6. The summed E-state index contributed by atoms with van der Waals surface area (Å²) in [7, 11) is 0. The van der Waals surface area contributed by atoms with Crippen LogP contribution in [0.4, 0.5) is 0 Å². The van der Waals surface area contributed by atoms with Gasteiger partial charge in [0.1, 0.15) is 12.6 Å². The highest BCUT2D eigenvalue weighted by molar-refractivity contribution is 5.83. The third kappa shape index (κ3) is 4.11. The molecule has 1 aromatic rings. The van der Waals surface area contributed by atoms with Gasteiger partial charge < -0.3 is 21.3 Å². The first kappa shape index (κ1) is 14.1. The number of nitrogens with zero attached hydrogens (tertiary/aromatic N) is 3. The summed E-state index contributed by atoms with van der Waals surface area (Å²) in [5.41, 5.74) is 5.87. The smallest absolute Gasteiger partial charge is 0.326 e. The summed E-state index contributed by atoms with van der Waals surface area (Å²) in [6, 6.07) is -1.11. The number of nitrogens with one attached hydrogen (secondary N) is 1. The lowest BCUT2D eigenvalue weighted by atomic mass is 10.2. The van der Waals surface area contributed by atoms with Crippen molar-refractivity contribution in [3.05, 3.63) is 11.9 Å². The van der Waals surface area contributed by atoms with Crippen LogP contribution in [0.15, 0.2) is 6.20 Å². The van der Waals surface area contributed by atoms with Gasteiger partial charge in [0.15, 0.2) is 0 Å². The molecule has 0 aliphatic carbocycles. The predicted molar refractivity (Wildman–Crippen MR) is 59.2 cm³/mol. The average molecular weight is 257 g/mol. The van der Waals surface area contributed by atoms with Crippen LogP contribution in [-0.2, 0) is 22.7 Å². The Labute approximate surface area is 103 Å². The molecule has 0 saturated carbocycles. The lowest BCUT2D eigenvalue weighted by molar-refractivity contribution is -0.142. The van der Waals surface area contributed by atoms with Gasteiger partial charge in [-0.15, -0.1) is 5.10 Å². The largest absolute Gasteiger partial charge is 0.480 e. The Balaban J connectivity index is 2.51. The molecule has 0 aliphatic heterocycles. The molecule has 5 N–H and O–H groups in total. The first-order chi connectivity index (χ1) is 8.56. The van der Waals surface area contributed by atoms with E-state index < -0.39 is 17.9 Å². The maximum Gasteiger partial charge on any atom is 0.326 e. The maximum absolute atomic E-state index is 11.5. The van der Waals surface area contributed by atoms with Crippen molar-refractivity contribution in [2.45, 2.75) is 25.6 Å². The predicted octanol–water partition coefficient (Wildman–Crippen LogP) is -2.31. The van der Waals surface area contributed by atoms with E-state index in [1.165, 1.54) is 10.9 Å². The van der Waals surface area contributed by atoms with Crippen molar-refractivity contribution in [2.24, 2.45) is 5.73 Å². The molecule has 9 heteroatoms. The van der Waals surface area contributed by atoms with Crippen LogP contribution in [0.3, 0.4) is 0 Å². The number of aliphatic carboxylic acids is 1. The summed E-state index contributed by atoms with van der Waals surface area (Å²) in [6.45, 7) is -0.260. The third-order valence-electron chi connectivity index (χ3n) is 2.15. The fraction of sp³-hybridized carbons (Fsp3) is 0.556. The second-order valence-electron chi connectivity index (χ2n) is 3.58. The summed E-state index contributed by atoms with van der Waals surface area (Å²) in [5, 5.41) is 27.1. The van der Waals surface area contributed by atoms with Gasteiger partial charge >= 0.3 is 5.97 Å². The highest BCUT2D eigenvalue weighted by Crippen LogP contribution is 1.94. The molecule has 0 bridgehead atoms. The number of nitrogens with two attached hydrogens (primary N) is 1. The van der Waals surface area contributed by atoms with E-state index in [2.05, 4.69) is 15.6 Å². The number of carbonyl (C=O) groups excluding carboxylic acids is 1. The van der Waals surface area contributed by atoms with Crippen LogP contribution in [0.1, 0.15) is 12.1 Å². The Morgan fingerprint density at radius 3 is 2.78 bits per heavy atom. The monoisotopic (exact) mass is 257 g/mol. The van der Waals surface area contributed by atoms with E-state index in [-0.39, 0.29) is 26.1 Å². The Hall–Kier alpha value is -2.00. The maximum atomic E-state index is 11.5. The molecule has 0 radical (unpaired) electrons. The van der Waals surface area contributed by atoms with Crippen molar-refractivity contribution >= 4 is 11.9 Å². The summed E-state index contributed by atoms with van der Waals surface area (Å²) in [4.78, 5) is 22.3. The molecule has 1 amide bonds. The quantitative estimate of drug-likeness (QED) is 0.429. The Morgan fingerprint density at radius 2 is 2.28 bits per heavy atom. The first-order valence-corrected chi connectivity index (χ1v) is 5.29. The fourth-order valence-corrected chi connectivity index (χ4v) is 1.28. The number of aliphatic hydroxyl groups excluding tert-OH is 1. The van der Waals surface area contributed by atoms with Gasteiger partial charge in [-0.2, -0.15) is 0 Å². The minimum Gasteiger partial charge on any atom is -0.480 e. The highest BCUT2D eigenvalue weighted by Gasteiger charge is 2.19. The van der Waals surface area contributed by atoms with Gasteiger partial charge in [-0.1, -0.05) is 5.21 Å². The SMILES string of the molecule is NCc1cn(CC(=O)N[C@@H](CCO)C(=O)O)nn1. The zero-order valence-electron chi connectivity index (χ0n) is 9.61. The zero-order valence-corrected chi connectivity index (χ0v) is 9.61. The molecule has 9 nitrogen and oxygen atoms in total. The Morgan fingerprint density at radius 1 is 1.56 bits per heavy atom. The number of carbonyl (C=O) groups is 2. The Kier molecular flexibility index (Phi) is 5.21. The van der Waals surface area contributed by atoms with Gasteiger partial charge in [-0.3, -0.25) is 4.79 Å². The molecule has 0 unspecified atom stereocenters. The van der Waals surface area contributed by atoms with Crippen LogP contribution in [0.5, 0.6) is 0 Å². The van der Waals surface area contributed by atoms with E-state index in [1.807, 2.05) is 0 Å². The number of aromatic nitrogens is 3. The van der Waals surface area contributed by atoms with Crippen LogP contribution in [0, 0.1) is 0 Å². The molecule has 0 spiro atoms. The topological polar surface area (TPSA) is 143 Å². The van der Waals surface area contributed by atoms with E-state index >= 15 is 0 Å². The van der Waals surface area contributed by atoms with Gasteiger partial charge in [-0.05, 0) is 0 Å². The van der Waals surface area contributed by atoms with E-state index in [1.54, 1.807) is 0 Å². The van der Waals surface area contributed by atoms with Gasteiger partial charge in [0.25, 0.3) is 0 Å². The summed E-state index contributed by atoms with van der Waals surface area (Å²) in [5.74, 6) is -1.72. The van der Waals surface area contributed by atoms with Crippen LogP contribution >= 0.6 is 0 Å². The van der Waals surface area contributed by atoms with Crippen molar-refractivity contribution in [1.82, 2.24) is 20.3 Å². The van der Waals surface area contributed by atoms with E-state index in [4.69, 9.17) is 15.9 Å². The minimum absolute atomic E-state index is 0.0491. The van der Waals surface area contributed by atoms with Crippen molar-refractivity contribution in [1.29, 1.82) is 0 Å². The van der Waals surface area contributed by atoms with Crippen molar-refractivity contribution in [2.75, 3.05) is 6.61 Å². The van der Waals surface area contributed by atoms with Crippen LogP contribution in [0.2, 0.25) is 0 Å². The molecular weight excluding hydrogens is 242 g/mol. The number of hydrogen-bond donors (Lipinski definition) is 4. The van der Waals surface area contributed by atoms with Gasteiger partial charge in [0, 0.05) is 19.6 Å². The first-order valence-electron chi connectivity index (χ1n) is 5.29.